The lowest BCUT2D eigenvalue weighted by atomic mass is 10.2. The Morgan fingerprint density at radius 2 is 1.76 bits per heavy atom. The zero-order chi connectivity index (χ0) is 15.4. The van der Waals surface area contributed by atoms with Gasteiger partial charge in [-0.25, -0.2) is 4.79 Å². The first-order chi connectivity index (χ1) is 9.97. The van der Waals surface area contributed by atoms with E-state index in [2.05, 4.69) is 0 Å². The molecule has 1 amide bonds. The molecule has 2 rings (SSSR count). The molecule has 0 spiro atoms. The van der Waals surface area contributed by atoms with Crippen LogP contribution in [0.15, 0.2) is 51.7 Å². The maximum atomic E-state index is 12.2. The SMILES string of the molecule is CN(Cc1ccccc1)C(=O)c1cc(=O)cc(C(=O)O)o1. The standard InChI is InChI=1S/C15H13NO5/c1-16(9-10-5-3-2-4-6-10)14(18)12-7-11(17)8-13(21-12)15(19)20/h2-8H,9H2,1H3,(H,19,20). The van der Waals surface area contributed by atoms with E-state index in [1.54, 1.807) is 7.05 Å². The van der Waals surface area contributed by atoms with Gasteiger partial charge in [0.1, 0.15) is 0 Å². The summed E-state index contributed by atoms with van der Waals surface area (Å²) in [5.41, 5.74) is 0.320. The fourth-order valence-corrected chi connectivity index (χ4v) is 1.81. The number of nitrogens with zero attached hydrogens (tertiary/aromatic N) is 1. The van der Waals surface area contributed by atoms with Crippen molar-refractivity contribution in [2.75, 3.05) is 7.05 Å². The summed E-state index contributed by atoms with van der Waals surface area (Å²) in [6.07, 6.45) is 0. The van der Waals surface area contributed by atoms with Crippen molar-refractivity contribution >= 4 is 11.9 Å². The molecule has 6 nitrogen and oxygen atoms in total. The average molecular weight is 287 g/mol. The van der Waals surface area contributed by atoms with Gasteiger partial charge < -0.3 is 14.4 Å². The predicted octanol–water partition coefficient (Wildman–Crippen LogP) is 1.61. The molecule has 6 heteroatoms. The Balaban J connectivity index is 2.23. The number of carboxylic acid groups (broad SMARTS) is 1. The van der Waals surface area contributed by atoms with Gasteiger partial charge in [-0.05, 0) is 5.56 Å². The van der Waals surface area contributed by atoms with Crippen LogP contribution in [0.25, 0.3) is 0 Å². The molecule has 1 heterocycles. The Bertz CT molecular complexity index is 720. The lowest BCUT2D eigenvalue weighted by Gasteiger charge is -2.16. The van der Waals surface area contributed by atoms with Crippen LogP contribution in [0.1, 0.15) is 26.7 Å². The molecule has 1 aromatic heterocycles. The van der Waals surface area contributed by atoms with Crippen LogP contribution < -0.4 is 5.43 Å². The molecule has 21 heavy (non-hydrogen) atoms. The quantitative estimate of drug-likeness (QED) is 0.923. The highest BCUT2D eigenvalue weighted by Crippen LogP contribution is 2.09. The Morgan fingerprint density at radius 1 is 1.14 bits per heavy atom. The van der Waals surface area contributed by atoms with Gasteiger partial charge in [-0.3, -0.25) is 9.59 Å². The first-order valence-electron chi connectivity index (χ1n) is 6.15. The van der Waals surface area contributed by atoms with Gasteiger partial charge in [0.25, 0.3) is 5.91 Å². The third kappa shape index (κ3) is 3.56. The zero-order valence-corrected chi connectivity index (χ0v) is 11.3. The molecule has 108 valence electrons. The zero-order valence-electron chi connectivity index (χ0n) is 11.3. The van der Waals surface area contributed by atoms with Crippen molar-refractivity contribution in [3.8, 4) is 0 Å². The van der Waals surface area contributed by atoms with E-state index in [-0.39, 0.29) is 5.76 Å². The summed E-state index contributed by atoms with van der Waals surface area (Å²) < 4.78 is 4.95. The molecule has 0 atom stereocenters. The summed E-state index contributed by atoms with van der Waals surface area (Å²) in [7, 11) is 1.54. The Hall–Kier alpha value is -2.89. The molecular formula is C15H13NO5. The third-order valence-electron chi connectivity index (χ3n) is 2.80. The second-order valence-corrected chi connectivity index (χ2v) is 4.47. The summed E-state index contributed by atoms with van der Waals surface area (Å²) in [6, 6.07) is 11.1. The normalized spacial score (nSPS) is 10.1. The minimum absolute atomic E-state index is 0.293. The van der Waals surface area contributed by atoms with Gasteiger partial charge in [-0.2, -0.15) is 0 Å². The molecule has 1 aromatic carbocycles. The summed E-state index contributed by atoms with van der Waals surface area (Å²) >= 11 is 0. The number of hydrogen-bond donors (Lipinski definition) is 1. The Labute approximate surface area is 120 Å². The second kappa shape index (κ2) is 6.04. The number of carbonyl (C=O) groups is 2. The summed E-state index contributed by atoms with van der Waals surface area (Å²) in [6.45, 7) is 0.320. The first kappa shape index (κ1) is 14.5. The highest BCUT2D eigenvalue weighted by Gasteiger charge is 2.18. The van der Waals surface area contributed by atoms with Gasteiger partial charge in [-0.15, -0.1) is 0 Å². The number of aromatic carboxylic acids is 1. The summed E-state index contributed by atoms with van der Waals surface area (Å²) in [4.78, 5) is 35.8. The highest BCUT2D eigenvalue weighted by molar-refractivity contribution is 5.92. The topological polar surface area (TPSA) is 87.8 Å². The van der Waals surface area contributed by atoms with Crippen molar-refractivity contribution in [2.45, 2.75) is 6.54 Å². The van der Waals surface area contributed by atoms with E-state index in [4.69, 9.17) is 9.52 Å². The number of benzene rings is 1. The van der Waals surface area contributed by atoms with E-state index in [0.29, 0.717) is 6.54 Å². The van der Waals surface area contributed by atoms with Gasteiger partial charge in [0.2, 0.25) is 5.76 Å². The molecule has 1 N–H and O–H groups in total. The maximum Gasteiger partial charge on any atom is 0.371 e. The van der Waals surface area contributed by atoms with Crippen molar-refractivity contribution in [1.29, 1.82) is 0 Å². The lowest BCUT2D eigenvalue weighted by Crippen LogP contribution is -2.27. The van der Waals surface area contributed by atoms with Crippen LogP contribution in [0.5, 0.6) is 0 Å². The molecule has 0 unspecified atom stereocenters. The van der Waals surface area contributed by atoms with Crippen molar-refractivity contribution in [3.05, 3.63) is 69.8 Å². The minimum atomic E-state index is -1.40. The number of amides is 1. The monoisotopic (exact) mass is 287 g/mol. The van der Waals surface area contributed by atoms with Gasteiger partial charge in [0, 0.05) is 25.7 Å². The summed E-state index contributed by atoms with van der Waals surface area (Å²) in [5, 5.41) is 8.83. The Morgan fingerprint density at radius 3 is 2.38 bits per heavy atom. The third-order valence-corrected chi connectivity index (χ3v) is 2.80. The molecule has 0 bridgehead atoms. The number of carbonyl (C=O) groups excluding carboxylic acids is 1. The van der Waals surface area contributed by atoms with E-state index < -0.39 is 23.1 Å². The van der Waals surface area contributed by atoms with Crippen LogP contribution in [0.3, 0.4) is 0 Å². The van der Waals surface area contributed by atoms with E-state index in [0.717, 1.165) is 17.7 Å². The number of rotatable bonds is 4. The van der Waals surface area contributed by atoms with Gasteiger partial charge in [0.15, 0.2) is 11.2 Å². The van der Waals surface area contributed by atoms with Crippen molar-refractivity contribution < 1.29 is 19.1 Å². The molecular weight excluding hydrogens is 274 g/mol. The molecule has 0 radical (unpaired) electrons. The average Bonchev–Trinajstić information content (AvgIpc) is 2.46. The van der Waals surface area contributed by atoms with Gasteiger partial charge >= 0.3 is 5.97 Å². The van der Waals surface area contributed by atoms with Gasteiger partial charge in [0.05, 0.1) is 0 Å². The summed E-state index contributed by atoms with van der Waals surface area (Å²) in [5.74, 6) is -2.80. The van der Waals surface area contributed by atoms with Crippen molar-refractivity contribution in [3.63, 3.8) is 0 Å². The van der Waals surface area contributed by atoms with E-state index >= 15 is 0 Å². The van der Waals surface area contributed by atoms with E-state index in [1.165, 1.54) is 4.90 Å². The lowest BCUT2D eigenvalue weighted by molar-refractivity contribution is 0.0646. The van der Waals surface area contributed by atoms with Crippen LogP contribution in [-0.4, -0.2) is 28.9 Å². The van der Waals surface area contributed by atoms with E-state index in [1.807, 2.05) is 30.3 Å². The van der Waals surface area contributed by atoms with Crippen LogP contribution in [-0.2, 0) is 6.54 Å². The fourth-order valence-electron chi connectivity index (χ4n) is 1.81. The molecule has 0 saturated heterocycles. The van der Waals surface area contributed by atoms with Crippen molar-refractivity contribution in [1.82, 2.24) is 4.90 Å². The first-order valence-corrected chi connectivity index (χ1v) is 6.15. The molecule has 0 aliphatic rings. The van der Waals surface area contributed by atoms with Crippen molar-refractivity contribution in [2.24, 2.45) is 0 Å². The minimum Gasteiger partial charge on any atom is -0.475 e. The van der Waals surface area contributed by atoms with Crippen LogP contribution >= 0.6 is 0 Å². The number of hydrogen-bond acceptors (Lipinski definition) is 4. The molecule has 0 fully saturated rings. The number of carboxylic acids is 1. The smallest absolute Gasteiger partial charge is 0.371 e. The van der Waals surface area contributed by atoms with Crippen LogP contribution in [0.2, 0.25) is 0 Å². The highest BCUT2D eigenvalue weighted by atomic mass is 16.4. The molecule has 2 aromatic rings. The predicted molar refractivity (Wildman–Crippen MR) is 74.2 cm³/mol. The second-order valence-electron chi connectivity index (χ2n) is 4.47. The van der Waals surface area contributed by atoms with Crippen LogP contribution in [0, 0.1) is 0 Å². The largest absolute Gasteiger partial charge is 0.475 e. The molecule has 0 aliphatic heterocycles. The van der Waals surface area contributed by atoms with E-state index in [9.17, 15) is 14.4 Å². The fraction of sp³-hybridized carbons (Fsp3) is 0.133. The van der Waals surface area contributed by atoms with Crippen LogP contribution in [0.4, 0.5) is 0 Å². The maximum absolute atomic E-state index is 12.2. The molecule has 0 aliphatic carbocycles. The van der Waals surface area contributed by atoms with Gasteiger partial charge in [-0.1, -0.05) is 30.3 Å². The Kier molecular flexibility index (Phi) is 4.18. The molecule has 0 saturated carbocycles.